The Balaban J connectivity index is 0.000000164. The van der Waals surface area contributed by atoms with E-state index < -0.39 is 5.97 Å². The van der Waals surface area contributed by atoms with Crippen molar-refractivity contribution in [3.05, 3.63) is 59.7 Å². The Labute approximate surface area is 106 Å². The minimum atomic E-state index is -0.399. The summed E-state index contributed by atoms with van der Waals surface area (Å²) in [5.74, 6) is 2.01. The van der Waals surface area contributed by atoms with Crippen molar-refractivity contribution in [2.24, 2.45) is 0 Å². The quantitative estimate of drug-likeness (QED) is 0.479. The topological polar surface area (TPSA) is 26.3 Å². The molecular formula is C16H12O2. The van der Waals surface area contributed by atoms with Crippen molar-refractivity contribution in [1.29, 1.82) is 0 Å². The third-order valence-electron chi connectivity index (χ3n) is 2.60. The van der Waals surface area contributed by atoms with Gasteiger partial charge in [0.25, 0.3) is 0 Å². The van der Waals surface area contributed by atoms with Gasteiger partial charge in [-0.1, -0.05) is 36.3 Å². The number of carbonyl (C=O) groups excluding carboxylic acids is 1. The van der Waals surface area contributed by atoms with Gasteiger partial charge in [0, 0.05) is 5.56 Å². The number of fused-ring (bicyclic) bond motifs is 1. The maximum atomic E-state index is 11.1. The van der Waals surface area contributed by atoms with E-state index >= 15 is 0 Å². The molecular weight excluding hydrogens is 224 g/mol. The van der Waals surface area contributed by atoms with Gasteiger partial charge in [-0.2, -0.15) is 0 Å². The van der Waals surface area contributed by atoms with Crippen LogP contribution in [0.15, 0.2) is 48.5 Å². The average Bonchev–Trinajstić information content (AvgIpc) is 3.04. The first kappa shape index (κ1) is 11.9. The first-order valence-electron chi connectivity index (χ1n) is 5.50. The molecule has 2 aliphatic rings. The summed E-state index contributed by atoms with van der Waals surface area (Å²) < 4.78 is 4.54. The second-order valence-electron chi connectivity index (χ2n) is 3.76. The molecule has 0 heterocycles. The number of ether oxygens (including phenoxy) is 1. The number of benzene rings is 2. The van der Waals surface area contributed by atoms with E-state index in [1.54, 1.807) is 24.3 Å². The van der Waals surface area contributed by atoms with Crippen LogP contribution in [0.25, 0.3) is 11.1 Å². The second-order valence-corrected chi connectivity index (χ2v) is 3.76. The molecule has 0 spiro atoms. The van der Waals surface area contributed by atoms with Gasteiger partial charge >= 0.3 is 5.97 Å². The molecule has 2 aliphatic carbocycles. The Morgan fingerprint density at radius 1 is 1.11 bits per heavy atom. The van der Waals surface area contributed by atoms with Crippen molar-refractivity contribution in [3.63, 3.8) is 0 Å². The molecule has 0 amide bonds. The molecule has 18 heavy (non-hydrogen) atoms. The lowest BCUT2D eigenvalue weighted by atomic mass is 10.1. The number of terminal acetylenes is 1. The average molecular weight is 236 g/mol. The maximum absolute atomic E-state index is 11.1. The number of methoxy groups -OCH3 is 1. The van der Waals surface area contributed by atoms with Crippen LogP contribution in [-0.4, -0.2) is 13.1 Å². The summed E-state index contributed by atoms with van der Waals surface area (Å²) in [6.45, 7) is 0. The molecule has 88 valence electrons. The van der Waals surface area contributed by atoms with Gasteiger partial charge in [0.2, 0.25) is 0 Å². The molecule has 0 fully saturated rings. The molecule has 0 saturated heterocycles. The van der Waals surface area contributed by atoms with Gasteiger partial charge < -0.3 is 4.74 Å². The zero-order valence-electron chi connectivity index (χ0n) is 10.0. The molecule has 1 aromatic rings. The van der Waals surface area contributed by atoms with Gasteiger partial charge in [0.15, 0.2) is 0 Å². The fourth-order valence-corrected chi connectivity index (χ4v) is 1.57. The minimum absolute atomic E-state index is 0.399. The van der Waals surface area contributed by atoms with Crippen LogP contribution in [-0.2, 0) is 4.74 Å². The van der Waals surface area contributed by atoms with E-state index in [0.717, 1.165) is 0 Å². The Bertz CT molecular complexity index is 604. The summed E-state index contributed by atoms with van der Waals surface area (Å²) in [6.07, 6.45) is 5.19. The number of hydrogen-bond donors (Lipinski definition) is 0. The predicted molar refractivity (Wildman–Crippen MR) is 71.2 cm³/mol. The Morgan fingerprint density at radius 3 is 2.22 bits per heavy atom. The highest BCUT2D eigenvalue weighted by atomic mass is 16.5. The van der Waals surface area contributed by atoms with Crippen molar-refractivity contribution in [1.82, 2.24) is 0 Å². The summed E-state index contributed by atoms with van der Waals surface area (Å²) in [5, 5.41) is 0. The van der Waals surface area contributed by atoms with E-state index in [9.17, 15) is 4.79 Å². The van der Waals surface area contributed by atoms with Gasteiger partial charge in [-0.25, -0.2) is 4.79 Å². The van der Waals surface area contributed by atoms with Crippen LogP contribution in [0.5, 0.6) is 0 Å². The number of hydrogen-bond acceptors (Lipinski definition) is 2. The predicted octanol–water partition coefficient (Wildman–Crippen LogP) is 3.12. The zero-order valence-corrected chi connectivity index (χ0v) is 10.0. The second kappa shape index (κ2) is 5.20. The van der Waals surface area contributed by atoms with Crippen molar-refractivity contribution >= 4 is 5.97 Å². The molecule has 3 rings (SSSR count). The van der Waals surface area contributed by atoms with Crippen LogP contribution in [0.1, 0.15) is 15.9 Å². The minimum Gasteiger partial charge on any atom is -0.465 e. The van der Waals surface area contributed by atoms with E-state index in [-0.39, 0.29) is 0 Å². The highest BCUT2D eigenvalue weighted by molar-refractivity contribution is 5.92. The number of esters is 1. The highest BCUT2D eigenvalue weighted by Crippen LogP contribution is 2.32. The number of rotatable bonds is 1. The van der Waals surface area contributed by atoms with Crippen LogP contribution in [0.2, 0.25) is 0 Å². The molecule has 2 heteroatoms. The Morgan fingerprint density at radius 2 is 1.78 bits per heavy atom. The Kier molecular flexibility index (Phi) is 3.45. The van der Waals surface area contributed by atoms with Crippen molar-refractivity contribution in [3.8, 4) is 23.5 Å². The van der Waals surface area contributed by atoms with Crippen LogP contribution < -0.4 is 0 Å². The smallest absolute Gasteiger partial charge is 0.339 e. The van der Waals surface area contributed by atoms with E-state index in [1.807, 2.05) is 0 Å². The van der Waals surface area contributed by atoms with Crippen molar-refractivity contribution in [2.75, 3.05) is 7.11 Å². The van der Waals surface area contributed by atoms with E-state index in [0.29, 0.717) is 11.1 Å². The summed E-state index contributed by atoms with van der Waals surface area (Å²) in [4.78, 5) is 11.1. The van der Waals surface area contributed by atoms with E-state index in [2.05, 4.69) is 34.9 Å². The van der Waals surface area contributed by atoms with Crippen molar-refractivity contribution < 1.29 is 9.53 Å². The summed E-state index contributed by atoms with van der Waals surface area (Å²) in [7, 11) is 1.33. The zero-order chi connectivity index (χ0) is 13.0. The third-order valence-corrected chi connectivity index (χ3v) is 2.60. The van der Waals surface area contributed by atoms with Crippen LogP contribution in [0, 0.1) is 12.3 Å². The van der Waals surface area contributed by atoms with Gasteiger partial charge in [-0.3, -0.25) is 0 Å². The van der Waals surface area contributed by atoms with Gasteiger partial charge in [0.1, 0.15) is 0 Å². The highest BCUT2D eigenvalue weighted by Gasteiger charge is 2.08. The van der Waals surface area contributed by atoms with Crippen LogP contribution >= 0.6 is 0 Å². The monoisotopic (exact) mass is 236 g/mol. The normalized spacial score (nSPS) is 9.56. The number of carbonyl (C=O) groups is 1. The molecule has 0 bridgehead atoms. The molecule has 0 aromatic heterocycles. The maximum Gasteiger partial charge on any atom is 0.339 e. The molecule has 0 radical (unpaired) electrons. The molecule has 2 nitrogen and oxygen atoms in total. The van der Waals surface area contributed by atoms with E-state index in [1.165, 1.54) is 18.2 Å². The van der Waals surface area contributed by atoms with Crippen molar-refractivity contribution in [2.45, 2.75) is 0 Å². The van der Waals surface area contributed by atoms with Crippen LogP contribution in [0.3, 0.4) is 0 Å². The molecule has 1 aromatic carbocycles. The molecule has 0 aliphatic heterocycles. The van der Waals surface area contributed by atoms with Gasteiger partial charge in [-0.05, 0) is 29.3 Å². The van der Waals surface area contributed by atoms with Gasteiger partial charge in [-0.15, -0.1) is 6.42 Å². The molecule has 0 N–H and O–H groups in total. The fourth-order valence-electron chi connectivity index (χ4n) is 1.57. The summed E-state index contributed by atoms with van der Waals surface area (Å²) in [6, 6.07) is 15.3. The summed E-state index contributed by atoms with van der Waals surface area (Å²) in [5.41, 5.74) is 3.84. The Hall–Kier alpha value is -2.53. The largest absolute Gasteiger partial charge is 0.465 e. The lowest BCUT2D eigenvalue weighted by Gasteiger charge is -2.00. The lowest BCUT2D eigenvalue weighted by Crippen LogP contribution is -2.03. The first-order valence-corrected chi connectivity index (χ1v) is 5.50. The van der Waals surface area contributed by atoms with Crippen LogP contribution in [0.4, 0.5) is 0 Å². The third kappa shape index (κ3) is 2.58. The van der Waals surface area contributed by atoms with Gasteiger partial charge in [0.05, 0.1) is 12.7 Å². The fraction of sp³-hybridized carbons (Fsp3) is 0.0625. The SMILES string of the molecule is C#Cc1ccccc1C(=O)OC.c1cc2cc-2c1. The first-order chi connectivity index (χ1) is 8.76. The molecule has 0 atom stereocenters. The standard InChI is InChI=1S/C10H8O2.C6H4/c1-3-8-6-4-5-7-9(8)10(11)12-2;1-2-5-4-6(5)3-1/h1,4-7H,2H3;1-4H. The summed E-state index contributed by atoms with van der Waals surface area (Å²) >= 11 is 0. The van der Waals surface area contributed by atoms with E-state index in [4.69, 9.17) is 6.42 Å². The molecule has 0 unspecified atom stereocenters. The molecule has 0 saturated carbocycles. The lowest BCUT2D eigenvalue weighted by molar-refractivity contribution is 0.0600.